The molecule has 1 aliphatic rings. The number of aryl methyl sites for hydroxylation is 1. The summed E-state index contributed by atoms with van der Waals surface area (Å²) in [6.45, 7) is 4.66. The summed E-state index contributed by atoms with van der Waals surface area (Å²) >= 11 is 0. The molecule has 182 valence electrons. The van der Waals surface area contributed by atoms with Gasteiger partial charge in [0, 0.05) is 24.9 Å². The highest BCUT2D eigenvalue weighted by molar-refractivity contribution is 5.90. The summed E-state index contributed by atoms with van der Waals surface area (Å²) in [5.74, 6) is -1.26. The van der Waals surface area contributed by atoms with Crippen molar-refractivity contribution in [1.82, 2.24) is 14.5 Å². The molecule has 2 atom stereocenters. The van der Waals surface area contributed by atoms with Crippen LogP contribution >= 0.6 is 0 Å². The molecule has 8 nitrogen and oxygen atoms in total. The average Bonchev–Trinajstić information content (AvgIpc) is 2.76. The fraction of sp³-hybridized carbons (Fsp3) is 0.409. The van der Waals surface area contributed by atoms with Crippen LogP contribution in [0, 0.1) is 5.82 Å². The molecular weight excluding hydrogens is 458 g/mol. The number of hydrogen-bond donors (Lipinski definition) is 1. The van der Waals surface area contributed by atoms with Gasteiger partial charge in [-0.2, -0.15) is 18.3 Å². The molecular formula is C22H23F4N5O3. The summed E-state index contributed by atoms with van der Waals surface area (Å²) in [7, 11) is 1.39. The number of benzene rings is 1. The van der Waals surface area contributed by atoms with E-state index in [1.165, 1.54) is 37.0 Å². The quantitative estimate of drug-likeness (QED) is 0.578. The van der Waals surface area contributed by atoms with Crippen LogP contribution < -0.4 is 21.4 Å². The fourth-order valence-corrected chi connectivity index (χ4v) is 4.02. The van der Waals surface area contributed by atoms with Gasteiger partial charge in [-0.1, -0.05) is 12.1 Å². The van der Waals surface area contributed by atoms with Crippen LogP contribution in [0.3, 0.4) is 0 Å². The predicted octanol–water partition coefficient (Wildman–Crippen LogP) is 2.78. The zero-order chi connectivity index (χ0) is 24.8. The van der Waals surface area contributed by atoms with Crippen LogP contribution in [0.15, 0.2) is 40.1 Å². The lowest BCUT2D eigenvalue weighted by molar-refractivity contribution is -0.140. The summed E-state index contributed by atoms with van der Waals surface area (Å²) in [4.78, 5) is 25.4. The summed E-state index contributed by atoms with van der Waals surface area (Å²) in [6, 6.07) is 3.31. The standard InChI is InChI=1S/C22H23F4N5O3/c1-12-10-30(7-8-34-12)31-11-16-15(9-18(31)32)21(33)29(3)28-20(16)27-13(2)14-5-4-6-17(19(14)23)22(24,25)26/h4-6,9,11-13H,7-8,10H2,1-3H3,(H,27,28)/t12?,13-/m1/s1. The Bertz CT molecular complexity index is 1350. The van der Waals surface area contributed by atoms with Crippen molar-refractivity contribution in [2.75, 3.05) is 30.0 Å². The Morgan fingerprint density at radius 3 is 2.65 bits per heavy atom. The molecule has 0 saturated carbocycles. The van der Waals surface area contributed by atoms with Gasteiger partial charge in [-0.25, -0.2) is 13.7 Å². The predicted molar refractivity (Wildman–Crippen MR) is 118 cm³/mol. The maximum atomic E-state index is 14.7. The molecule has 0 radical (unpaired) electrons. The van der Waals surface area contributed by atoms with Crippen molar-refractivity contribution in [3.05, 3.63) is 68.1 Å². The molecule has 0 bridgehead atoms. The molecule has 1 N–H and O–H groups in total. The molecule has 3 aromatic rings. The van der Waals surface area contributed by atoms with Crippen molar-refractivity contribution in [3.8, 4) is 0 Å². The van der Waals surface area contributed by atoms with Crippen LogP contribution in [0.4, 0.5) is 23.4 Å². The van der Waals surface area contributed by atoms with Crippen LogP contribution in [0.5, 0.6) is 0 Å². The largest absolute Gasteiger partial charge is 0.419 e. The number of rotatable bonds is 4. The van der Waals surface area contributed by atoms with E-state index >= 15 is 0 Å². The van der Waals surface area contributed by atoms with Gasteiger partial charge >= 0.3 is 6.18 Å². The number of ether oxygens (including phenoxy) is 1. The molecule has 1 unspecified atom stereocenters. The number of fused-ring (bicyclic) bond motifs is 1. The van der Waals surface area contributed by atoms with Gasteiger partial charge in [-0.05, 0) is 19.9 Å². The fourth-order valence-electron chi connectivity index (χ4n) is 4.02. The summed E-state index contributed by atoms with van der Waals surface area (Å²) < 4.78 is 62.0. The highest BCUT2D eigenvalue weighted by Crippen LogP contribution is 2.34. The molecule has 34 heavy (non-hydrogen) atoms. The van der Waals surface area contributed by atoms with Crippen LogP contribution in [0.25, 0.3) is 10.8 Å². The van der Waals surface area contributed by atoms with Crippen molar-refractivity contribution in [2.24, 2.45) is 7.05 Å². The summed E-state index contributed by atoms with van der Waals surface area (Å²) in [5.41, 5.74) is -2.52. The van der Waals surface area contributed by atoms with Gasteiger partial charge in [0.2, 0.25) is 0 Å². The third-order valence-electron chi connectivity index (χ3n) is 5.74. The first-order valence-electron chi connectivity index (χ1n) is 10.6. The third kappa shape index (κ3) is 4.37. The number of aromatic nitrogens is 3. The van der Waals surface area contributed by atoms with E-state index in [0.717, 1.165) is 10.7 Å². The zero-order valence-corrected chi connectivity index (χ0v) is 18.7. The van der Waals surface area contributed by atoms with Crippen LogP contribution in [-0.4, -0.2) is 40.3 Å². The summed E-state index contributed by atoms with van der Waals surface area (Å²) in [6.07, 6.45) is -3.49. The second kappa shape index (κ2) is 8.75. The normalized spacial score (nSPS) is 17.7. The number of hydrogen-bond acceptors (Lipinski definition) is 6. The molecule has 1 aliphatic heterocycles. The Hall–Kier alpha value is -3.41. The second-order valence-electron chi connectivity index (χ2n) is 8.23. The zero-order valence-electron chi connectivity index (χ0n) is 18.7. The lowest BCUT2D eigenvalue weighted by Crippen LogP contribution is -2.51. The van der Waals surface area contributed by atoms with Gasteiger partial charge in [-0.3, -0.25) is 9.59 Å². The first kappa shape index (κ1) is 23.7. The summed E-state index contributed by atoms with van der Waals surface area (Å²) in [5, 5.41) is 9.23. The molecule has 0 aliphatic carbocycles. The van der Waals surface area contributed by atoms with Gasteiger partial charge in [0.1, 0.15) is 5.82 Å². The highest BCUT2D eigenvalue weighted by atomic mass is 19.4. The molecule has 1 aromatic carbocycles. The maximum absolute atomic E-state index is 14.7. The average molecular weight is 481 g/mol. The van der Waals surface area contributed by atoms with E-state index in [-0.39, 0.29) is 28.3 Å². The Morgan fingerprint density at radius 1 is 1.24 bits per heavy atom. The van der Waals surface area contributed by atoms with Gasteiger partial charge < -0.3 is 15.1 Å². The maximum Gasteiger partial charge on any atom is 0.419 e. The van der Waals surface area contributed by atoms with Crippen molar-refractivity contribution >= 4 is 16.6 Å². The SMILES string of the molecule is CC1CN(n2cc3c(N[C@H](C)c4cccc(C(F)(F)F)c4F)nn(C)c(=O)c3cc2=O)CCO1. The lowest BCUT2D eigenvalue weighted by atomic mass is 10.0. The Labute approximate surface area is 191 Å². The minimum absolute atomic E-state index is 0.0827. The lowest BCUT2D eigenvalue weighted by Gasteiger charge is -2.33. The van der Waals surface area contributed by atoms with Crippen LogP contribution in [0.1, 0.15) is 31.0 Å². The van der Waals surface area contributed by atoms with E-state index in [4.69, 9.17) is 4.74 Å². The Morgan fingerprint density at radius 2 is 1.97 bits per heavy atom. The van der Waals surface area contributed by atoms with E-state index in [2.05, 4.69) is 10.4 Å². The number of morpholine rings is 1. The molecule has 0 spiro atoms. The monoisotopic (exact) mass is 481 g/mol. The first-order chi connectivity index (χ1) is 16.0. The van der Waals surface area contributed by atoms with E-state index in [1.54, 1.807) is 5.01 Å². The number of nitrogens with one attached hydrogen (secondary N) is 1. The van der Waals surface area contributed by atoms with Crippen molar-refractivity contribution in [2.45, 2.75) is 32.2 Å². The molecule has 12 heteroatoms. The molecule has 4 rings (SSSR count). The van der Waals surface area contributed by atoms with Crippen molar-refractivity contribution in [3.63, 3.8) is 0 Å². The topological polar surface area (TPSA) is 81.4 Å². The molecule has 1 fully saturated rings. The van der Waals surface area contributed by atoms with Gasteiger partial charge in [0.15, 0.2) is 5.82 Å². The number of halogens is 4. The van der Waals surface area contributed by atoms with Gasteiger partial charge in [0.25, 0.3) is 11.1 Å². The van der Waals surface area contributed by atoms with Crippen LogP contribution in [0.2, 0.25) is 0 Å². The van der Waals surface area contributed by atoms with Gasteiger partial charge in [0.05, 0.1) is 48.2 Å². The van der Waals surface area contributed by atoms with E-state index < -0.39 is 34.7 Å². The number of alkyl halides is 3. The number of anilines is 1. The Kier molecular flexibility index (Phi) is 6.11. The number of nitrogens with zero attached hydrogens (tertiary/aromatic N) is 4. The van der Waals surface area contributed by atoms with E-state index in [1.807, 2.05) is 6.92 Å². The molecule has 0 amide bonds. The third-order valence-corrected chi connectivity index (χ3v) is 5.74. The van der Waals surface area contributed by atoms with E-state index in [0.29, 0.717) is 25.8 Å². The second-order valence-corrected chi connectivity index (χ2v) is 8.23. The highest BCUT2D eigenvalue weighted by Gasteiger charge is 2.35. The smallest absolute Gasteiger partial charge is 0.375 e. The minimum Gasteiger partial charge on any atom is -0.375 e. The Balaban J connectivity index is 1.80. The first-order valence-corrected chi connectivity index (χ1v) is 10.6. The molecule has 2 aromatic heterocycles. The van der Waals surface area contributed by atoms with Crippen LogP contribution in [-0.2, 0) is 18.0 Å². The van der Waals surface area contributed by atoms with Gasteiger partial charge in [-0.15, -0.1) is 0 Å². The van der Waals surface area contributed by atoms with Crippen molar-refractivity contribution in [1.29, 1.82) is 0 Å². The minimum atomic E-state index is -4.84. The molecule has 1 saturated heterocycles. The van der Waals surface area contributed by atoms with Crippen molar-refractivity contribution < 1.29 is 22.3 Å². The number of pyridine rings is 1. The molecule has 3 heterocycles. The van der Waals surface area contributed by atoms with E-state index in [9.17, 15) is 27.2 Å².